The number of hydrogen-bond donors (Lipinski definition) is 1. The van der Waals surface area contributed by atoms with Crippen molar-refractivity contribution in [3.63, 3.8) is 0 Å². The maximum absolute atomic E-state index is 14.4. The average Bonchev–Trinajstić information content (AvgIpc) is 2.70. The van der Waals surface area contributed by atoms with Crippen LogP contribution in [0.5, 0.6) is 0 Å². The SMILES string of the molecule is O=C(NC1CCN(C(=O)C2(c3ccc(F)cc3F)CCC2)CC1)c1ccccc1. The summed E-state index contributed by atoms with van der Waals surface area (Å²) in [6.45, 7) is 1.03. The van der Waals surface area contributed by atoms with Gasteiger partial charge in [0.25, 0.3) is 5.91 Å². The molecule has 0 unspecified atom stereocenters. The lowest BCUT2D eigenvalue weighted by Crippen LogP contribution is -2.55. The number of piperidine rings is 1. The molecule has 0 aromatic heterocycles. The van der Waals surface area contributed by atoms with Crippen molar-refractivity contribution in [2.75, 3.05) is 13.1 Å². The summed E-state index contributed by atoms with van der Waals surface area (Å²) >= 11 is 0. The van der Waals surface area contributed by atoms with Gasteiger partial charge in [0.1, 0.15) is 11.6 Å². The summed E-state index contributed by atoms with van der Waals surface area (Å²) in [5.41, 5.74) is 0.0404. The van der Waals surface area contributed by atoms with Crippen molar-refractivity contribution in [3.05, 3.63) is 71.3 Å². The Hall–Kier alpha value is -2.76. The highest BCUT2D eigenvalue weighted by atomic mass is 19.1. The molecule has 6 heteroatoms. The van der Waals surface area contributed by atoms with Crippen LogP contribution in [0.2, 0.25) is 0 Å². The molecule has 0 atom stereocenters. The monoisotopic (exact) mass is 398 g/mol. The van der Waals surface area contributed by atoms with Crippen LogP contribution in [-0.4, -0.2) is 35.8 Å². The summed E-state index contributed by atoms with van der Waals surface area (Å²) in [7, 11) is 0. The van der Waals surface area contributed by atoms with Crippen LogP contribution >= 0.6 is 0 Å². The molecule has 2 amide bonds. The lowest BCUT2D eigenvalue weighted by molar-refractivity contribution is -0.142. The minimum absolute atomic E-state index is 0.00616. The molecule has 1 saturated carbocycles. The third kappa shape index (κ3) is 3.76. The van der Waals surface area contributed by atoms with E-state index in [0.717, 1.165) is 12.5 Å². The second-order valence-corrected chi connectivity index (χ2v) is 7.97. The zero-order chi connectivity index (χ0) is 20.4. The number of hydrogen-bond acceptors (Lipinski definition) is 2. The Morgan fingerprint density at radius 3 is 2.28 bits per heavy atom. The van der Waals surface area contributed by atoms with E-state index in [1.54, 1.807) is 17.0 Å². The molecule has 1 saturated heterocycles. The van der Waals surface area contributed by atoms with Crippen LogP contribution < -0.4 is 5.32 Å². The molecule has 2 fully saturated rings. The van der Waals surface area contributed by atoms with E-state index in [-0.39, 0.29) is 17.9 Å². The lowest BCUT2D eigenvalue weighted by atomic mass is 9.63. The average molecular weight is 398 g/mol. The summed E-state index contributed by atoms with van der Waals surface area (Å²) in [6, 6.07) is 12.5. The molecule has 1 N–H and O–H groups in total. The maximum Gasteiger partial charge on any atom is 0.251 e. The molecule has 2 aromatic rings. The second-order valence-electron chi connectivity index (χ2n) is 7.97. The van der Waals surface area contributed by atoms with Crippen molar-refractivity contribution in [3.8, 4) is 0 Å². The van der Waals surface area contributed by atoms with Gasteiger partial charge in [-0.05, 0) is 43.9 Å². The minimum Gasteiger partial charge on any atom is -0.349 e. The third-order valence-electron chi connectivity index (χ3n) is 6.22. The van der Waals surface area contributed by atoms with Crippen molar-refractivity contribution >= 4 is 11.8 Å². The summed E-state index contributed by atoms with van der Waals surface area (Å²) in [4.78, 5) is 27.4. The van der Waals surface area contributed by atoms with Gasteiger partial charge in [-0.15, -0.1) is 0 Å². The Labute approximate surface area is 168 Å². The van der Waals surface area contributed by atoms with Crippen molar-refractivity contribution < 1.29 is 18.4 Å². The van der Waals surface area contributed by atoms with Gasteiger partial charge in [0.05, 0.1) is 5.41 Å². The number of rotatable bonds is 4. The van der Waals surface area contributed by atoms with Crippen molar-refractivity contribution in [1.82, 2.24) is 10.2 Å². The van der Waals surface area contributed by atoms with E-state index in [0.29, 0.717) is 49.9 Å². The van der Waals surface area contributed by atoms with Gasteiger partial charge in [-0.1, -0.05) is 30.7 Å². The fraction of sp³-hybridized carbons (Fsp3) is 0.391. The topological polar surface area (TPSA) is 49.4 Å². The fourth-order valence-corrected chi connectivity index (χ4v) is 4.39. The molecule has 1 aliphatic heterocycles. The number of carbonyl (C=O) groups is 2. The molecule has 0 radical (unpaired) electrons. The van der Waals surface area contributed by atoms with Gasteiger partial charge in [-0.25, -0.2) is 8.78 Å². The van der Waals surface area contributed by atoms with Crippen LogP contribution in [0.25, 0.3) is 0 Å². The van der Waals surface area contributed by atoms with E-state index >= 15 is 0 Å². The molecule has 0 spiro atoms. The van der Waals surface area contributed by atoms with Gasteiger partial charge in [-0.3, -0.25) is 9.59 Å². The molecule has 1 heterocycles. The predicted molar refractivity (Wildman–Crippen MR) is 105 cm³/mol. The first-order chi connectivity index (χ1) is 14.0. The van der Waals surface area contributed by atoms with E-state index < -0.39 is 17.0 Å². The molecular formula is C23H24F2N2O2. The molecule has 4 rings (SSSR count). The highest BCUT2D eigenvalue weighted by Crippen LogP contribution is 2.46. The first kappa shape index (κ1) is 19.6. The van der Waals surface area contributed by atoms with E-state index in [4.69, 9.17) is 0 Å². The molecule has 4 nitrogen and oxygen atoms in total. The van der Waals surface area contributed by atoms with Gasteiger partial charge < -0.3 is 10.2 Å². The Morgan fingerprint density at radius 2 is 1.69 bits per heavy atom. The number of nitrogens with zero attached hydrogens (tertiary/aromatic N) is 1. The Kier molecular flexibility index (Phi) is 5.35. The standard InChI is InChI=1S/C23H24F2N2O2/c24-17-7-8-19(20(25)15-17)23(11-4-12-23)22(29)27-13-9-18(10-14-27)26-21(28)16-5-2-1-3-6-16/h1-3,5-8,15,18H,4,9-14H2,(H,26,28). The van der Waals surface area contributed by atoms with E-state index in [1.807, 2.05) is 18.2 Å². The second kappa shape index (κ2) is 7.93. The summed E-state index contributed by atoms with van der Waals surface area (Å²) in [5, 5.41) is 3.03. The van der Waals surface area contributed by atoms with Crippen molar-refractivity contribution in [1.29, 1.82) is 0 Å². The first-order valence-electron chi connectivity index (χ1n) is 10.1. The third-order valence-corrected chi connectivity index (χ3v) is 6.22. The van der Waals surface area contributed by atoms with Gasteiger partial charge in [-0.2, -0.15) is 0 Å². The smallest absolute Gasteiger partial charge is 0.251 e. The molecule has 0 bridgehead atoms. The molecule has 152 valence electrons. The van der Waals surface area contributed by atoms with Crippen LogP contribution in [0.15, 0.2) is 48.5 Å². The van der Waals surface area contributed by atoms with Gasteiger partial charge in [0.15, 0.2) is 0 Å². The quantitative estimate of drug-likeness (QED) is 0.852. The van der Waals surface area contributed by atoms with Crippen molar-refractivity contribution in [2.24, 2.45) is 0 Å². The molecular weight excluding hydrogens is 374 g/mol. The van der Waals surface area contributed by atoms with Crippen LogP contribution in [-0.2, 0) is 10.2 Å². The van der Waals surface area contributed by atoms with Crippen LogP contribution in [0, 0.1) is 11.6 Å². The normalized spacial score (nSPS) is 18.8. The lowest BCUT2D eigenvalue weighted by Gasteiger charge is -2.45. The number of likely N-dealkylation sites (tertiary alicyclic amines) is 1. The number of nitrogens with one attached hydrogen (secondary N) is 1. The highest BCUT2D eigenvalue weighted by Gasteiger charge is 2.49. The van der Waals surface area contributed by atoms with Crippen LogP contribution in [0.3, 0.4) is 0 Å². The zero-order valence-corrected chi connectivity index (χ0v) is 16.2. The Bertz CT molecular complexity index is 904. The number of benzene rings is 2. The van der Waals surface area contributed by atoms with Crippen molar-refractivity contribution in [2.45, 2.75) is 43.6 Å². The van der Waals surface area contributed by atoms with Gasteiger partial charge in [0.2, 0.25) is 5.91 Å². The highest BCUT2D eigenvalue weighted by molar-refractivity contribution is 5.94. The number of amides is 2. The van der Waals surface area contributed by atoms with Crippen LogP contribution in [0.1, 0.15) is 48.0 Å². The van der Waals surface area contributed by atoms with E-state index in [2.05, 4.69) is 5.32 Å². The largest absolute Gasteiger partial charge is 0.349 e. The zero-order valence-electron chi connectivity index (χ0n) is 16.2. The molecule has 29 heavy (non-hydrogen) atoms. The van der Waals surface area contributed by atoms with Gasteiger partial charge in [0, 0.05) is 36.3 Å². The first-order valence-corrected chi connectivity index (χ1v) is 10.1. The summed E-state index contributed by atoms with van der Waals surface area (Å²) < 4.78 is 27.7. The van der Waals surface area contributed by atoms with Crippen LogP contribution in [0.4, 0.5) is 8.78 Å². The molecule has 2 aliphatic rings. The number of halogens is 2. The van der Waals surface area contributed by atoms with E-state index in [1.165, 1.54) is 12.1 Å². The molecule has 1 aliphatic carbocycles. The maximum atomic E-state index is 14.4. The Balaban J connectivity index is 1.40. The number of carbonyl (C=O) groups excluding carboxylic acids is 2. The molecule has 2 aromatic carbocycles. The summed E-state index contributed by atoms with van der Waals surface area (Å²) in [6.07, 6.45) is 3.34. The predicted octanol–water partition coefficient (Wildman–Crippen LogP) is 3.81. The Morgan fingerprint density at radius 1 is 1.00 bits per heavy atom. The van der Waals surface area contributed by atoms with Gasteiger partial charge >= 0.3 is 0 Å². The fourth-order valence-electron chi connectivity index (χ4n) is 4.39. The minimum atomic E-state index is -0.877. The van der Waals surface area contributed by atoms with E-state index in [9.17, 15) is 18.4 Å². The summed E-state index contributed by atoms with van der Waals surface area (Å²) in [5.74, 6) is -1.48.